The van der Waals surface area contributed by atoms with Crippen LogP contribution in [0.4, 0.5) is 0 Å². The van der Waals surface area contributed by atoms with Gasteiger partial charge >= 0.3 is 0 Å². The molecule has 0 unspecified atom stereocenters. The second kappa shape index (κ2) is 6.58. The van der Waals surface area contributed by atoms with E-state index in [0.29, 0.717) is 10.9 Å². The van der Waals surface area contributed by atoms with Crippen LogP contribution in [0.5, 0.6) is 0 Å². The van der Waals surface area contributed by atoms with E-state index in [4.69, 9.17) is 0 Å². The molecule has 0 spiro atoms. The van der Waals surface area contributed by atoms with Gasteiger partial charge in [0.25, 0.3) is 5.91 Å². The smallest absolute Gasteiger partial charge is 0.261 e. The highest BCUT2D eigenvalue weighted by Gasteiger charge is 2.20. The van der Waals surface area contributed by atoms with Crippen molar-refractivity contribution < 1.29 is 9.59 Å². The molecule has 2 amide bonds. The van der Waals surface area contributed by atoms with Crippen molar-refractivity contribution in [3.63, 3.8) is 0 Å². The molecule has 1 aromatic heterocycles. The minimum Gasteiger partial charge on any atom is -0.350 e. The Hall–Kier alpha value is -1.40. The molecule has 0 aromatic carbocycles. The zero-order valence-electron chi connectivity index (χ0n) is 12.8. The van der Waals surface area contributed by atoms with Crippen LogP contribution in [0.25, 0.3) is 0 Å². The average molecular weight is 309 g/mol. The lowest BCUT2D eigenvalue weighted by atomic mass is 10.1. The lowest BCUT2D eigenvalue weighted by Crippen LogP contribution is -2.45. The first-order valence-electron chi connectivity index (χ1n) is 7.27. The summed E-state index contributed by atoms with van der Waals surface area (Å²) in [5, 5.41) is 8.90. The van der Waals surface area contributed by atoms with Crippen LogP contribution in [-0.4, -0.2) is 30.4 Å². The number of nitrogens with one attached hydrogen (secondary N) is 3. The van der Waals surface area contributed by atoms with Gasteiger partial charge in [0.1, 0.15) is 0 Å². The molecule has 6 heteroatoms. The number of amides is 2. The van der Waals surface area contributed by atoms with Gasteiger partial charge in [-0.25, -0.2) is 0 Å². The Bertz CT molecular complexity index is 513. The van der Waals surface area contributed by atoms with Gasteiger partial charge in [-0.3, -0.25) is 9.59 Å². The van der Waals surface area contributed by atoms with Crippen molar-refractivity contribution in [2.45, 2.75) is 45.2 Å². The standard InChI is InChI=1S/C15H23N3O2S/c1-15(2,3)18-13(19)9-17-14(20)12-7-6-11(21-12)10-5-4-8-16-10/h6-7,10,16H,4-5,8-9H2,1-3H3,(H,17,20)(H,18,19)/t10-/m1/s1. The fourth-order valence-electron chi connectivity index (χ4n) is 2.30. The maximum absolute atomic E-state index is 12.0. The van der Waals surface area contributed by atoms with Crippen molar-refractivity contribution in [3.05, 3.63) is 21.9 Å². The molecule has 0 radical (unpaired) electrons. The normalized spacial score (nSPS) is 18.5. The molecule has 0 aliphatic carbocycles. The molecular weight excluding hydrogens is 286 g/mol. The van der Waals surface area contributed by atoms with Crippen molar-refractivity contribution in [2.75, 3.05) is 13.1 Å². The van der Waals surface area contributed by atoms with Crippen LogP contribution >= 0.6 is 11.3 Å². The summed E-state index contributed by atoms with van der Waals surface area (Å²) in [5.74, 6) is -0.363. The van der Waals surface area contributed by atoms with E-state index in [2.05, 4.69) is 16.0 Å². The van der Waals surface area contributed by atoms with E-state index < -0.39 is 0 Å². The Morgan fingerprint density at radius 1 is 1.38 bits per heavy atom. The van der Waals surface area contributed by atoms with Gasteiger partial charge in [0, 0.05) is 16.5 Å². The summed E-state index contributed by atoms with van der Waals surface area (Å²) < 4.78 is 0. The van der Waals surface area contributed by atoms with E-state index in [1.54, 1.807) is 0 Å². The monoisotopic (exact) mass is 309 g/mol. The quantitative estimate of drug-likeness (QED) is 0.794. The Morgan fingerprint density at radius 2 is 2.14 bits per heavy atom. The number of thiophene rings is 1. The summed E-state index contributed by atoms with van der Waals surface area (Å²) >= 11 is 1.50. The number of rotatable bonds is 4. The number of carbonyl (C=O) groups excluding carboxylic acids is 2. The molecule has 1 aliphatic heterocycles. The highest BCUT2D eigenvalue weighted by Crippen LogP contribution is 2.29. The molecule has 3 N–H and O–H groups in total. The summed E-state index contributed by atoms with van der Waals surface area (Å²) in [4.78, 5) is 25.6. The average Bonchev–Trinajstić information content (AvgIpc) is 3.03. The zero-order chi connectivity index (χ0) is 15.5. The lowest BCUT2D eigenvalue weighted by Gasteiger charge is -2.20. The highest BCUT2D eigenvalue weighted by molar-refractivity contribution is 7.14. The van der Waals surface area contributed by atoms with Crippen molar-refractivity contribution in [2.24, 2.45) is 0 Å². The van der Waals surface area contributed by atoms with Crippen LogP contribution < -0.4 is 16.0 Å². The van der Waals surface area contributed by atoms with Gasteiger partial charge in [0.05, 0.1) is 11.4 Å². The first kappa shape index (κ1) is 16.0. The first-order valence-corrected chi connectivity index (χ1v) is 8.09. The topological polar surface area (TPSA) is 70.2 Å². The molecule has 1 saturated heterocycles. The minimum absolute atomic E-state index is 0.00498. The second-order valence-corrected chi connectivity index (χ2v) is 7.45. The van der Waals surface area contributed by atoms with E-state index in [9.17, 15) is 9.59 Å². The molecule has 1 atom stereocenters. The van der Waals surface area contributed by atoms with Gasteiger partial charge in [0.2, 0.25) is 5.91 Å². The Kier molecular flexibility index (Phi) is 5.00. The number of hydrogen-bond acceptors (Lipinski definition) is 4. The second-order valence-electron chi connectivity index (χ2n) is 6.33. The minimum atomic E-state index is -0.286. The van der Waals surface area contributed by atoms with Gasteiger partial charge in [0.15, 0.2) is 0 Å². The molecule has 1 fully saturated rings. The predicted octanol–water partition coefficient (Wildman–Crippen LogP) is 1.82. The summed E-state index contributed by atoms with van der Waals surface area (Å²) in [6, 6.07) is 4.20. The van der Waals surface area contributed by atoms with Crippen LogP contribution in [0.1, 0.15) is 54.2 Å². The molecule has 0 saturated carbocycles. The maximum Gasteiger partial charge on any atom is 0.261 e. The van der Waals surface area contributed by atoms with E-state index in [-0.39, 0.29) is 23.9 Å². The molecule has 1 aromatic rings. The molecule has 2 heterocycles. The third-order valence-electron chi connectivity index (χ3n) is 3.18. The fraction of sp³-hybridized carbons (Fsp3) is 0.600. The van der Waals surface area contributed by atoms with Gasteiger partial charge in [-0.1, -0.05) is 0 Å². The Morgan fingerprint density at radius 3 is 2.76 bits per heavy atom. The summed E-state index contributed by atoms with van der Waals surface area (Å²) in [5.41, 5.74) is -0.286. The SMILES string of the molecule is CC(C)(C)NC(=O)CNC(=O)c1ccc([C@H]2CCCN2)s1. The summed E-state index contributed by atoms with van der Waals surface area (Å²) in [6.07, 6.45) is 2.30. The van der Waals surface area contributed by atoms with Crippen LogP contribution in [-0.2, 0) is 4.79 Å². The summed E-state index contributed by atoms with van der Waals surface area (Å²) in [7, 11) is 0. The third kappa shape index (κ3) is 4.82. The molecule has 0 bridgehead atoms. The largest absolute Gasteiger partial charge is 0.350 e. The molecular formula is C15H23N3O2S. The van der Waals surface area contributed by atoms with Crippen LogP contribution in [0.15, 0.2) is 12.1 Å². The van der Waals surface area contributed by atoms with E-state index in [1.807, 2.05) is 32.9 Å². The van der Waals surface area contributed by atoms with Crippen LogP contribution in [0.3, 0.4) is 0 Å². The van der Waals surface area contributed by atoms with Crippen molar-refractivity contribution in [1.29, 1.82) is 0 Å². The van der Waals surface area contributed by atoms with Gasteiger partial charge < -0.3 is 16.0 Å². The van der Waals surface area contributed by atoms with Gasteiger partial charge in [-0.05, 0) is 52.3 Å². The van der Waals surface area contributed by atoms with E-state index in [1.165, 1.54) is 22.6 Å². The van der Waals surface area contributed by atoms with Gasteiger partial charge in [-0.2, -0.15) is 0 Å². The number of hydrogen-bond donors (Lipinski definition) is 3. The van der Waals surface area contributed by atoms with Crippen molar-refractivity contribution in [3.8, 4) is 0 Å². The fourth-order valence-corrected chi connectivity index (χ4v) is 3.33. The highest BCUT2D eigenvalue weighted by atomic mass is 32.1. The van der Waals surface area contributed by atoms with Crippen LogP contribution in [0, 0.1) is 0 Å². The van der Waals surface area contributed by atoms with Crippen molar-refractivity contribution >= 4 is 23.2 Å². The predicted molar refractivity (Wildman–Crippen MR) is 84.5 cm³/mol. The maximum atomic E-state index is 12.0. The lowest BCUT2D eigenvalue weighted by molar-refractivity contribution is -0.121. The van der Waals surface area contributed by atoms with E-state index >= 15 is 0 Å². The zero-order valence-corrected chi connectivity index (χ0v) is 13.6. The molecule has 2 rings (SSSR count). The van der Waals surface area contributed by atoms with Crippen molar-refractivity contribution in [1.82, 2.24) is 16.0 Å². The molecule has 116 valence electrons. The number of carbonyl (C=O) groups is 2. The molecule has 5 nitrogen and oxygen atoms in total. The first-order chi connectivity index (χ1) is 9.85. The Labute approximate surface area is 129 Å². The van der Waals surface area contributed by atoms with Crippen LogP contribution in [0.2, 0.25) is 0 Å². The molecule has 1 aliphatic rings. The van der Waals surface area contributed by atoms with E-state index in [0.717, 1.165) is 13.0 Å². The Balaban J connectivity index is 1.84. The third-order valence-corrected chi connectivity index (χ3v) is 4.38. The molecule has 21 heavy (non-hydrogen) atoms. The van der Waals surface area contributed by atoms with Gasteiger partial charge in [-0.15, -0.1) is 11.3 Å². The summed E-state index contributed by atoms with van der Waals surface area (Å²) in [6.45, 7) is 6.77.